The molecule has 0 spiro atoms. The second-order valence-corrected chi connectivity index (χ2v) is 8.94. The van der Waals surface area contributed by atoms with Gasteiger partial charge < -0.3 is 14.5 Å². The number of carbonyl (C=O) groups is 1. The second kappa shape index (κ2) is 8.25. The highest BCUT2D eigenvalue weighted by atomic mass is 19.1. The van der Waals surface area contributed by atoms with E-state index in [-0.39, 0.29) is 29.5 Å². The summed E-state index contributed by atoms with van der Waals surface area (Å²) in [4.78, 5) is 20.2. The van der Waals surface area contributed by atoms with Crippen LogP contribution >= 0.6 is 0 Å². The first-order valence-electron chi connectivity index (χ1n) is 11.1. The van der Waals surface area contributed by atoms with Gasteiger partial charge in [-0.2, -0.15) is 14.8 Å². The number of hydrogen-bond acceptors (Lipinski definition) is 7. The lowest BCUT2D eigenvalue weighted by molar-refractivity contribution is -0.142. The molecule has 0 atom stereocenters. The van der Waals surface area contributed by atoms with Gasteiger partial charge in [-0.3, -0.25) is 9.69 Å². The Bertz CT molecular complexity index is 1130. The van der Waals surface area contributed by atoms with Crippen LogP contribution in [0.1, 0.15) is 50.1 Å². The number of para-hydroxylation sites is 1. The van der Waals surface area contributed by atoms with Gasteiger partial charge in [-0.05, 0) is 43.1 Å². The third-order valence-corrected chi connectivity index (χ3v) is 6.60. The van der Waals surface area contributed by atoms with Crippen LogP contribution < -0.4 is 0 Å². The first-order valence-corrected chi connectivity index (χ1v) is 11.1. The summed E-state index contributed by atoms with van der Waals surface area (Å²) in [6.07, 6.45) is 1.75. The number of rotatable bonds is 5. The fourth-order valence-electron chi connectivity index (χ4n) is 4.70. The van der Waals surface area contributed by atoms with Crippen molar-refractivity contribution in [1.29, 1.82) is 0 Å². The van der Waals surface area contributed by atoms with E-state index in [1.165, 1.54) is 10.7 Å². The molecule has 1 N–H and O–H groups in total. The number of likely N-dealkylation sites (tertiary alicyclic amines) is 2. The predicted octanol–water partition coefficient (Wildman–Crippen LogP) is 2.05. The molecule has 0 radical (unpaired) electrons. The number of aliphatic hydroxyl groups is 1. The zero-order valence-corrected chi connectivity index (χ0v) is 18.2. The average molecular weight is 442 g/mol. The number of fused-ring (bicyclic) bond motifs is 1. The van der Waals surface area contributed by atoms with Crippen LogP contribution in [0.3, 0.4) is 0 Å². The Hall–Kier alpha value is -2.85. The highest BCUT2D eigenvalue weighted by Crippen LogP contribution is 2.32. The van der Waals surface area contributed by atoms with Gasteiger partial charge in [0.05, 0.1) is 5.69 Å². The summed E-state index contributed by atoms with van der Waals surface area (Å²) >= 11 is 0. The molecule has 170 valence electrons. The number of aliphatic hydroxyl groups excluding tert-OH is 1. The first-order chi connectivity index (χ1) is 15.5. The van der Waals surface area contributed by atoms with Gasteiger partial charge in [-0.15, -0.1) is 0 Å². The van der Waals surface area contributed by atoms with Gasteiger partial charge in [-0.1, -0.05) is 26.0 Å². The van der Waals surface area contributed by atoms with Gasteiger partial charge in [0.2, 0.25) is 11.8 Å². The van der Waals surface area contributed by atoms with Crippen LogP contribution in [0.2, 0.25) is 0 Å². The van der Waals surface area contributed by atoms with Crippen molar-refractivity contribution in [2.75, 3.05) is 32.8 Å². The molecule has 5 rings (SSSR count). The molecular formula is C22H27FN6O3. The lowest BCUT2D eigenvalue weighted by Crippen LogP contribution is -2.62. The quantitative estimate of drug-likeness (QED) is 0.645. The van der Waals surface area contributed by atoms with Crippen molar-refractivity contribution in [2.24, 2.45) is 0 Å². The normalized spacial score (nSPS) is 18.6. The fraction of sp³-hybridized carbons (Fsp3) is 0.545. The van der Waals surface area contributed by atoms with Gasteiger partial charge in [0, 0.05) is 30.4 Å². The molecule has 32 heavy (non-hydrogen) atoms. The van der Waals surface area contributed by atoms with Gasteiger partial charge in [0.1, 0.15) is 17.9 Å². The summed E-state index contributed by atoms with van der Waals surface area (Å²) in [5, 5.41) is 18.4. The van der Waals surface area contributed by atoms with Crippen molar-refractivity contribution in [1.82, 2.24) is 29.7 Å². The molecule has 1 aromatic carbocycles. The van der Waals surface area contributed by atoms with Gasteiger partial charge in [0.15, 0.2) is 0 Å². The molecule has 0 saturated carbocycles. The summed E-state index contributed by atoms with van der Waals surface area (Å²) in [6, 6.07) is 5.31. The number of nitrogens with zero attached hydrogens (tertiary/aromatic N) is 6. The summed E-state index contributed by atoms with van der Waals surface area (Å²) in [7, 11) is 0. The lowest BCUT2D eigenvalue weighted by atomic mass is 9.94. The van der Waals surface area contributed by atoms with Crippen molar-refractivity contribution in [3.05, 3.63) is 35.6 Å². The Morgan fingerprint density at radius 3 is 2.72 bits per heavy atom. The van der Waals surface area contributed by atoms with E-state index < -0.39 is 6.61 Å². The zero-order chi connectivity index (χ0) is 22.4. The highest BCUT2D eigenvalue weighted by molar-refractivity contribution is 5.84. The molecule has 2 aliphatic heterocycles. The van der Waals surface area contributed by atoms with Crippen LogP contribution in [0, 0.1) is 5.82 Å². The molecule has 2 aliphatic rings. The Labute approximate surface area is 184 Å². The zero-order valence-electron chi connectivity index (χ0n) is 18.2. The summed E-state index contributed by atoms with van der Waals surface area (Å²) < 4.78 is 21.7. The SMILES string of the molecule is CC(C)c1nn(-c2noc(C3CCN(C4CN(C(=O)CO)C4)CC3)n2)c2c(F)cccc12. The van der Waals surface area contributed by atoms with Crippen LogP contribution in [-0.4, -0.2) is 79.6 Å². The summed E-state index contributed by atoms with van der Waals surface area (Å²) in [6.45, 7) is 6.72. The van der Waals surface area contributed by atoms with E-state index >= 15 is 0 Å². The molecule has 0 bridgehead atoms. The minimum Gasteiger partial charge on any atom is -0.387 e. The molecule has 2 saturated heterocycles. The third-order valence-electron chi connectivity index (χ3n) is 6.60. The van der Waals surface area contributed by atoms with Crippen molar-refractivity contribution in [3.63, 3.8) is 0 Å². The molecule has 4 heterocycles. The number of aromatic nitrogens is 4. The van der Waals surface area contributed by atoms with Crippen molar-refractivity contribution < 1.29 is 18.8 Å². The van der Waals surface area contributed by atoms with E-state index in [0.29, 0.717) is 30.5 Å². The van der Waals surface area contributed by atoms with Crippen molar-refractivity contribution >= 4 is 16.8 Å². The van der Waals surface area contributed by atoms with E-state index in [9.17, 15) is 9.18 Å². The van der Waals surface area contributed by atoms with Crippen LogP contribution in [0.4, 0.5) is 4.39 Å². The maximum atomic E-state index is 14.6. The van der Waals surface area contributed by atoms with Gasteiger partial charge >= 0.3 is 0 Å². The number of carbonyl (C=O) groups excluding carboxylic acids is 1. The average Bonchev–Trinajstić information content (AvgIpc) is 3.39. The molecule has 0 unspecified atom stereocenters. The number of halogens is 1. The van der Waals surface area contributed by atoms with E-state index in [0.717, 1.165) is 37.0 Å². The Balaban J connectivity index is 1.29. The summed E-state index contributed by atoms with van der Waals surface area (Å²) in [5.41, 5.74) is 1.17. The molecule has 3 aromatic rings. The standard InChI is InChI=1S/C22H27FN6O3/c1-13(2)19-16-4-3-5-17(23)20(16)29(25-19)22-24-21(32-26-22)14-6-8-27(9-7-14)15-10-28(11-15)18(31)12-30/h3-5,13-15,30H,6-12H2,1-2H3. The largest absolute Gasteiger partial charge is 0.387 e. The molecular weight excluding hydrogens is 415 g/mol. The number of benzene rings is 1. The van der Waals surface area contributed by atoms with Crippen molar-refractivity contribution in [2.45, 2.75) is 44.6 Å². The maximum absolute atomic E-state index is 14.6. The topological polar surface area (TPSA) is 101 Å². The van der Waals surface area contributed by atoms with Crippen molar-refractivity contribution in [3.8, 4) is 5.95 Å². The maximum Gasteiger partial charge on any atom is 0.291 e. The van der Waals surface area contributed by atoms with E-state index in [2.05, 4.69) is 20.1 Å². The van der Waals surface area contributed by atoms with E-state index in [1.54, 1.807) is 11.0 Å². The number of piperidine rings is 1. The van der Waals surface area contributed by atoms with Crippen LogP contribution in [0.15, 0.2) is 22.7 Å². The molecule has 10 heteroatoms. The Morgan fingerprint density at radius 2 is 2.03 bits per heavy atom. The lowest BCUT2D eigenvalue weighted by Gasteiger charge is -2.47. The smallest absolute Gasteiger partial charge is 0.291 e. The fourth-order valence-corrected chi connectivity index (χ4v) is 4.70. The molecule has 0 aliphatic carbocycles. The minimum atomic E-state index is -0.428. The second-order valence-electron chi connectivity index (χ2n) is 8.94. The van der Waals surface area contributed by atoms with E-state index in [4.69, 9.17) is 9.63 Å². The van der Waals surface area contributed by atoms with Crippen LogP contribution in [0.5, 0.6) is 0 Å². The monoisotopic (exact) mass is 442 g/mol. The molecule has 2 fully saturated rings. The Kier molecular flexibility index (Phi) is 5.42. The van der Waals surface area contributed by atoms with Gasteiger partial charge in [0.25, 0.3) is 5.95 Å². The molecule has 2 aromatic heterocycles. The first kappa shape index (κ1) is 21.0. The number of amides is 1. The number of hydrogen-bond donors (Lipinski definition) is 1. The Morgan fingerprint density at radius 1 is 1.28 bits per heavy atom. The van der Waals surface area contributed by atoms with Crippen LogP contribution in [0.25, 0.3) is 16.9 Å². The third kappa shape index (κ3) is 3.57. The minimum absolute atomic E-state index is 0.131. The van der Waals surface area contributed by atoms with Crippen LogP contribution in [-0.2, 0) is 4.79 Å². The van der Waals surface area contributed by atoms with Gasteiger partial charge in [-0.25, -0.2) is 4.39 Å². The molecule has 9 nitrogen and oxygen atoms in total. The van der Waals surface area contributed by atoms with E-state index in [1.807, 2.05) is 19.9 Å². The predicted molar refractivity (Wildman–Crippen MR) is 114 cm³/mol. The highest BCUT2D eigenvalue weighted by Gasteiger charge is 2.37. The summed E-state index contributed by atoms with van der Waals surface area (Å²) in [5.74, 6) is 0.497. The molecule has 1 amide bonds.